The van der Waals surface area contributed by atoms with Crippen molar-refractivity contribution in [1.29, 1.82) is 0 Å². The summed E-state index contributed by atoms with van der Waals surface area (Å²) in [6.45, 7) is 6.12. The molecule has 0 aromatic heterocycles. The van der Waals surface area contributed by atoms with Crippen molar-refractivity contribution in [3.8, 4) is 5.75 Å². The standard InChI is InChI=1S/C14H22N2O4/c1-10(2)20-14-8-12(7-13(9-14)16(18)19)15-6-4-5-11(3)17/h7-11,15,17H,4-6H2,1-3H3. The topological polar surface area (TPSA) is 84.6 Å². The summed E-state index contributed by atoms with van der Waals surface area (Å²) in [6.07, 6.45) is 1.11. The number of hydrogen-bond acceptors (Lipinski definition) is 5. The Morgan fingerprint density at radius 2 is 2.05 bits per heavy atom. The van der Waals surface area contributed by atoms with Crippen LogP contribution < -0.4 is 10.1 Å². The molecule has 0 amide bonds. The molecule has 0 saturated carbocycles. The number of aliphatic hydroxyl groups is 1. The second-order valence-corrected chi connectivity index (χ2v) is 5.06. The minimum absolute atomic E-state index is 0.00109. The van der Waals surface area contributed by atoms with Gasteiger partial charge in [0.25, 0.3) is 5.69 Å². The lowest BCUT2D eigenvalue weighted by Crippen LogP contribution is -2.08. The number of benzene rings is 1. The largest absolute Gasteiger partial charge is 0.491 e. The zero-order chi connectivity index (χ0) is 15.1. The van der Waals surface area contributed by atoms with Crippen molar-refractivity contribution in [3.63, 3.8) is 0 Å². The third-order valence-electron chi connectivity index (χ3n) is 2.60. The molecule has 1 aromatic carbocycles. The second kappa shape index (κ2) is 7.69. The molecule has 6 nitrogen and oxygen atoms in total. The molecule has 1 atom stereocenters. The van der Waals surface area contributed by atoms with E-state index in [0.29, 0.717) is 24.4 Å². The highest BCUT2D eigenvalue weighted by Gasteiger charge is 2.11. The molecule has 0 saturated heterocycles. The first-order valence-electron chi connectivity index (χ1n) is 6.76. The van der Waals surface area contributed by atoms with Crippen LogP contribution in [-0.4, -0.2) is 28.8 Å². The number of ether oxygens (including phenoxy) is 1. The Morgan fingerprint density at radius 3 is 2.60 bits per heavy atom. The van der Waals surface area contributed by atoms with Crippen molar-refractivity contribution in [2.45, 2.75) is 45.8 Å². The number of rotatable bonds is 8. The lowest BCUT2D eigenvalue weighted by Gasteiger charge is -2.12. The number of nitrogens with zero attached hydrogens (tertiary/aromatic N) is 1. The SMILES string of the molecule is CC(O)CCCNc1cc(OC(C)C)cc([N+](=O)[O-])c1. The third-order valence-corrected chi connectivity index (χ3v) is 2.60. The average molecular weight is 282 g/mol. The third kappa shape index (κ3) is 5.88. The van der Waals surface area contributed by atoms with E-state index in [0.717, 1.165) is 6.42 Å². The lowest BCUT2D eigenvalue weighted by molar-refractivity contribution is -0.384. The van der Waals surface area contributed by atoms with Gasteiger partial charge in [0.1, 0.15) is 5.75 Å². The highest BCUT2D eigenvalue weighted by atomic mass is 16.6. The average Bonchev–Trinajstić information content (AvgIpc) is 2.33. The maximum absolute atomic E-state index is 10.9. The Balaban J connectivity index is 2.73. The maximum atomic E-state index is 10.9. The summed E-state index contributed by atoms with van der Waals surface area (Å²) in [4.78, 5) is 10.5. The van der Waals surface area contributed by atoms with E-state index in [4.69, 9.17) is 4.74 Å². The van der Waals surface area contributed by atoms with Crippen molar-refractivity contribution in [2.24, 2.45) is 0 Å². The Labute approximate surface area is 118 Å². The predicted octanol–water partition coefficient (Wildman–Crippen LogP) is 2.95. The van der Waals surface area contributed by atoms with Crippen LogP contribution in [0.15, 0.2) is 18.2 Å². The van der Waals surface area contributed by atoms with E-state index in [1.54, 1.807) is 13.0 Å². The van der Waals surface area contributed by atoms with Gasteiger partial charge in [-0.1, -0.05) is 0 Å². The lowest BCUT2D eigenvalue weighted by atomic mass is 10.2. The number of hydrogen-bond donors (Lipinski definition) is 2. The first-order chi connectivity index (χ1) is 9.38. The molecule has 0 spiro atoms. The van der Waals surface area contributed by atoms with E-state index in [1.807, 2.05) is 13.8 Å². The fourth-order valence-electron chi connectivity index (χ4n) is 1.76. The smallest absolute Gasteiger partial charge is 0.275 e. The van der Waals surface area contributed by atoms with Crippen molar-refractivity contribution in [2.75, 3.05) is 11.9 Å². The minimum Gasteiger partial charge on any atom is -0.491 e. The van der Waals surface area contributed by atoms with E-state index in [2.05, 4.69) is 5.32 Å². The molecule has 20 heavy (non-hydrogen) atoms. The van der Waals surface area contributed by atoms with Crippen LogP contribution in [-0.2, 0) is 0 Å². The quantitative estimate of drug-likeness (QED) is 0.435. The van der Waals surface area contributed by atoms with Crippen LogP contribution in [0.3, 0.4) is 0 Å². The van der Waals surface area contributed by atoms with Crippen LogP contribution in [0.4, 0.5) is 11.4 Å². The fraction of sp³-hybridized carbons (Fsp3) is 0.571. The van der Waals surface area contributed by atoms with Crippen LogP contribution >= 0.6 is 0 Å². The van der Waals surface area contributed by atoms with Crippen LogP contribution in [0.1, 0.15) is 33.6 Å². The van der Waals surface area contributed by atoms with Gasteiger partial charge in [-0.15, -0.1) is 0 Å². The van der Waals surface area contributed by atoms with Crippen LogP contribution in [0, 0.1) is 10.1 Å². The van der Waals surface area contributed by atoms with Crippen molar-refractivity contribution in [1.82, 2.24) is 0 Å². The molecule has 112 valence electrons. The monoisotopic (exact) mass is 282 g/mol. The molecule has 0 aliphatic heterocycles. The number of nitro benzene ring substituents is 1. The molecule has 2 N–H and O–H groups in total. The highest BCUT2D eigenvalue weighted by molar-refractivity contribution is 5.56. The van der Waals surface area contributed by atoms with E-state index < -0.39 is 4.92 Å². The van der Waals surface area contributed by atoms with Gasteiger partial charge in [0.15, 0.2) is 0 Å². The predicted molar refractivity (Wildman–Crippen MR) is 78.3 cm³/mol. The second-order valence-electron chi connectivity index (χ2n) is 5.06. The molecule has 6 heteroatoms. The summed E-state index contributed by atoms with van der Waals surface area (Å²) in [7, 11) is 0. The number of aliphatic hydroxyl groups excluding tert-OH is 1. The summed E-state index contributed by atoms with van der Waals surface area (Å²) >= 11 is 0. The summed E-state index contributed by atoms with van der Waals surface area (Å²) in [6, 6.07) is 4.64. The van der Waals surface area contributed by atoms with Gasteiger partial charge in [-0.2, -0.15) is 0 Å². The number of anilines is 1. The minimum atomic E-state index is -0.436. The van der Waals surface area contributed by atoms with Crippen LogP contribution in [0.25, 0.3) is 0 Å². The van der Waals surface area contributed by atoms with Crippen LogP contribution in [0.2, 0.25) is 0 Å². The summed E-state index contributed by atoms with van der Waals surface area (Å²) < 4.78 is 5.51. The molecular weight excluding hydrogens is 260 g/mol. The molecule has 1 unspecified atom stereocenters. The number of nitrogens with one attached hydrogen (secondary N) is 1. The van der Waals surface area contributed by atoms with Gasteiger partial charge in [-0.05, 0) is 33.6 Å². The number of nitro groups is 1. The van der Waals surface area contributed by atoms with Gasteiger partial charge in [0.05, 0.1) is 23.2 Å². The van der Waals surface area contributed by atoms with Gasteiger partial charge in [0, 0.05) is 24.4 Å². The molecule has 0 heterocycles. The molecule has 0 bridgehead atoms. The van der Waals surface area contributed by atoms with E-state index in [1.165, 1.54) is 12.1 Å². The van der Waals surface area contributed by atoms with Gasteiger partial charge in [0.2, 0.25) is 0 Å². The van der Waals surface area contributed by atoms with Gasteiger partial charge in [-0.25, -0.2) is 0 Å². The Hall–Kier alpha value is -1.82. The first-order valence-corrected chi connectivity index (χ1v) is 6.76. The Bertz CT molecular complexity index is 447. The highest BCUT2D eigenvalue weighted by Crippen LogP contribution is 2.26. The molecule has 0 aliphatic rings. The van der Waals surface area contributed by atoms with E-state index >= 15 is 0 Å². The molecule has 0 aliphatic carbocycles. The normalized spacial score (nSPS) is 12.2. The molecule has 1 rings (SSSR count). The molecule has 0 fully saturated rings. The van der Waals surface area contributed by atoms with E-state index in [-0.39, 0.29) is 17.9 Å². The zero-order valence-electron chi connectivity index (χ0n) is 12.1. The van der Waals surface area contributed by atoms with Crippen LogP contribution in [0.5, 0.6) is 5.75 Å². The molecule has 0 radical (unpaired) electrons. The number of non-ortho nitro benzene ring substituents is 1. The van der Waals surface area contributed by atoms with Gasteiger partial charge in [-0.3, -0.25) is 10.1 Å². The summed E-state index contributed by atoms with van der Waals surface area (Å²) in [5.41, 5.74) is 0.654. The maximum Gasteiger partial charge on any atom is 0.275 e. The van der Waals surface area contributed by atoms with Crippen molar-refractivity contribution in [3.05, 3.63) is 28.3 Å². The van der Waals surface area contributed by atoms with Crippen molar-refractivity contribution < 1.29 is 14.8 Å². The summed E-state index contributed by atoms with van der Waals surface area (Å²) in [5, 5.41) is 23.2. The van der Waals surface area contributed by atoms with Gasteiger partial charge < -0.3 is 15.2 Å². The fourth-order valence-corrected chi connectivity index (χ4v) is 1.76. The molecular formula is C14H22N2O4. The van der Waals surface area contributed by atoms with E-state index in [9.17, 15) is 15.2 Å². The first kappa shape index (κ1) is 16.2. The zero-order valence-corrected chi connectivity index (χ0v) is 12.1. The Kier molecular flexibility index (Phi) is 6.24. The molecule has 1 aromatic rings. The van der Waals surface area contributed by atoms with Gasteiger partial charge >= 0.3 is 0 Å². The Morgan fingerprint density at radius 1 is 1.35 bits per heavy atom. The van der Waals surface area contributed by atoms with Crippen molar-refractivity contribution >= 4 is 11.4 Å². The summed E-state index contributed by atoms with van der Waals surface area (Å²) in [5.74, 6) is 0.479.